The second-order valence-corrected chi connectivity index (χ2v) is 6.69. The Morgan fingerprint density at radius 2 is 2.04 bits per heavy atom. The number of halogens is 1. The molecule has 0 saturated carbocycles. The first-order valence-electron chi connectivity index (χ1n) is 8.90. The topological polar surface area (TPSA) is 75.1 Å². The van der Waals surface area contributed by atoms with Gasteiger partial charge in [0.15, 0.2) is 5.82 Å². The number of nitrogens with one attached hydrogen (secondary N) is 1. The van der Waals surface area contributed by atoms with Gasteiger partial charge in [0.25, 0.3) is 0 Å². The number of carbonyl (C=O) groups is 1. The van der Waals surface area contributed by atoms with Crippen LogP contribution in [0.25, 0.3) is 4.91 Å². The number of thioether (sulfide) groups is 1. The number of nitrogens with zero attached hydrogens (tertiary/aromatic N) is 2. The number of hydrogen-bond donors (Lipinski definition) is 2. The third kappa shape index (κ3) is 5.84. The Morgan fingerprint density at radius 1 is 1.36 bits per heavy atom. The van der Waals surface area contributed by atoms with Gasteiger partial charge in [0.05, 0.1) is 10.6 Å². The van der Waals surface area contributed by atoms with Gasteiger partial charge >= 0.3 is 5.97 Å². The van der Waals surface area contributed by atoms with Crippen molar-refractivity contribution in [1.82, 2.24) is 9.97 Å². The van der Waals surface area contributed by atoms with Crippen LogP contribution in [0.3, 0.4) is 0 Å². The van der Waals surface area contributed by atoms with E-state index in [1.165, 1.54) is 6.07 Å². The zero-order valence-electron chi connectivity index (χ0n) is 16.8. The third-order valence-electron chi connectivity index (χ3n) is 3.73. The molecule has 7 heteroatoms. The standard InChI is InChI=1S/C19H20ClN3O2S.C2H6/c1-5-7-13-11(3)21-18(16(6-2)26-4)23-17(13)22-12-8-9-14(19(24)25)15(20)10-12;1-2/h5-6,8-10H,1,7H2,2-4H3,(H,24,25)(H,21,22,23);1-2H3/b16-6-;. The highest BCUT2D eigenvalue weighted by atomic mass is 35.5. The molecule has 5 nitrogen and oxygen atoms in total. The zero-order valence-corrected chi connectivity index (χ0v) is 18.4. The lowest BCUT2D eigenvalue weighted by Crippen LogP contribution is -2.07. The van der Waals surface area contributed by atoms with E-state index in [-0.39, 0.29) is 10.6 Å². The van der Waals surface area contributed by atoms with Gasteiger partial charge in [-0.15, -0.1) is 18.3 Å². The maximum absolute atomic E-state index is 11.1. The van der Waals surface area contributed by atoms with Crippen LogP contribution in [0.5, 0.6) is 0 Å². The summed E-state index contributed by atoms with van der Waals surface area (Å²) in [6, 6.07) is 4.70. The van der Waals surface area contributed by atoms with Crippen molar-refractivity contribution in [3.8, 4) is 0 Å². The Hall–Kier alpha value is -2.31. The summed E-state index contributed by atoms with van der Waals surface area (Å²) in [5.74, 6) is 0.229. The van der Waals surface area contributed by atoms with Crippen molar-refractivity contribution in [3.05, 3.63) is 64.6 Å². The highest BCUT2D eigenvalue weighted by Gasteiger charge is 2.15. The predicted octanol–water partition coefficient (Wildman–Crippen LogP) is 6.36. The van der Waals surface area contributed by atoms with Gasteiger partial charge in [-0.2, -0.15) is 0 Å². The van der Waals surface area contributed by atoms with Gasteiger partial charge < -0.3 is 10.4 Å². The Bertz CT molecular complexity index is 882. The fourth-order valence-corrected chi connectivity index (χ4v) is 3.21. The molecule has 2 N–H and O–H groups in total. The molecule has 150 valence electrons. The fraction of sp³-hybridized carbons (Fsp3) is 0.286. The molecule has 1 heterocycles. The molecule has 1 aromatic carbocycles. The van der Waals surface area contributed by atoms with Crippen molar-refractivity contribution in [3.63, 3.8) is 0 Å². The molecular formula is C21H26ClN3O2S. The second-order valence-electron chi connectivity index (χ2n) is 5.43. The number of aryl methyl sites for hydroxylation is 1. The van der Waals surface area contributed by atoms with Gasteiger partial charge in [-0.25, -0.2) is 14.8 Å². The fourth-order valence-electron chi connectivity index (χ4n) is 2.44. The number of carboxylic acid groups (broad SMARTS) is 1. The molecule has 0 atom stereocenters. The first-order valence-corrected chi connectivity index (χ1v) is 10.5. The van der Waals surface area contributed by atoms with Crippen LogP contribution < -0.4 is 5.32 Å². The minimum Gasteiger partial charge on any atom is -0.478 e. The lowest BCUT2D eigenvalue weighted by atomic mass is 10.1. The summed E-state index contributed by atoms with van der Waals surface area (Å²) in [5, 5.41) is 12.5. The highest BCUT2D eigenvalue weighted by Crippen LogP contribution is 2.29. The molecule has 0 radical (unpaired) electrons. The number of carboxylic acids is 1. The summed E-state index contributed by atoms with van der Waals surface area (Å²) in [5.41, 5.74) is 2.50. The van der Waals surface area contributed by atoms with Crippen molar-refractivity contribution in [1.29, 1.82) is 0 Å². The molecule has 2 rings (SSSR count). The van der Waals surface area contributed by atoms with Crippen LogP contribution in [0, 0.1) is 6.92 Å². The first-order chi connectivity index (χ1) is 13.4. The van der Waals surface area contributed by atoms with E-state index in [0.29, 0.717) is 23.8 Å². The van der Waals surface area contributed by atoms with E-state index in [2.05, 4.69) is 21.9 Å². The monoisotopic (exact) mass is 419 g/mol. The smallest absolute Gasteiger partial charge is 0.337 e. The zero-order chi connectivity index (χ0) is 21.3. The van der Waals surface area contributed by atoms with E-state index in [0.717, 1.165) is 16.2 Å². The van der Waals surface area contributed by atoms with Gasteiger partial charge in [0, 0.05) is 21.8 Å². The van der Waals surface area contributed by atoms with E-state index in [4.69, 9.17) is 16.7 Å². The molecule has 0 spiro atoms. The first kappa shape index (κ1) is 23.7. The second kappa shape index (κ2) is 11.5. The minimum atomic E-state index is -1.06. The largest absolute Gasteiger partial charge is 0.478 e. The minimum absolute atomic E-state index is 0.0571. The SMILES string of the molecule is C=CCc1c(C)nc(/C(=C/C)SC)nc1Nc1ccc(C(=O)O)c(Cl)c1.CC. The number of benzene rings is 1. The average molecular weight is 420 g/mol. The van der Waals surface area contributed by atoms with Gasteiger partial charge in [-0.1, -0.05) is 37.6 Å². The van der Waals surface area contributed by atoms with Gasteiger partial charge in [0.2, 0.25) is 0 Å². The van der Waals surface area contributed by atoms with E-state index >= 15 is 0 Å². The Kier molecular flexibility index (Phi) is 9.76. The summed E-state index contributed by atoms with van der Waals surface area (Å²) < 4.78 is 0. The van der Waals surface area contributed by atoms with Crippen molar-refractivity contribution in [2.24, 2.45) is 0 Å². The van der Waals surface area contributed by atoms with Crippen LogP contribution in [-0.4, -0.2) is 27.3 Å². The summed E-state index contributed by atoms with van der Waals surface area (Å²) >= 11 is 7.64. The summed E-state index contributed by atoms with van der Waals surface area (Å²) in [6.07, 6.45) is 6.35. The molecule has 0 amide bonds. The Balaban J connectivity index is 0.00000190. The van der Waals surface area contributed by atoms with Crippen LogP contribution in [0.15, 0.2) is 36.9 Å². The number of anilines is 2. The van der Waals surface area contributed by atoms with E-state index in [9.17, 15) is 4.79 Å². The van der Waals surface area contributed by atoms with Crippen LogP contribution in [-0.2, 0) is 6.42 Å². The molecular weight excluding hydrogens is 394 g/mol. The lowest BCUT2D eigenvalue weighted by Gasteiger charge is -2.15. The molecule has 2 aromatic rings. The summed E-state index contributed by atoms with van der Waals surface area (Å²) in [4.78, 5) is 21.3. The third-order valence-corrected chi connectivity index (χ3v) is 4.90. The average Bonchev–Trinajstić information content (AvgIpc) is 2.67. The summed E-state index contributed by atoms with van der Waals surface area (Å²) in [7, 11) is 0. The van der Waals surface area contributed by atoms with Crippen LogP contribution in [0.1, 0.15) is 48.2 Å². The molecule has 1 aromatic heterocycles. The van der Waals surface area contributed by atoms with Gasteiger partial charge in [-0.3, -0.25) is 0 Å². The maximum Gasteiger partial charge on any atom is 0.337 e. The van der Waals surface area contributed by atoms with Crippen LogP contribution >= 0.6 is 23.4 Å². The number of aromatic carboxylic acids is 1. The number of allylic oxidation sites excluding steroid dienone is 2. The lowest BCUT2D eigenvalue weighted by molar-refractivity contribution is 0.0697. The Labute approximate surface area is 176 Å². The van der Waals surface area contributed by atoms with E-state index < -0.39 is 5.97 Å². The predicted molar refractivity (Wildman–Crippen MR) is 121 cm³/mol. The molecule has 0 aliphatic carbocycles. The quantitative estimate of drug-likeness (QED) is 0.508. The number of rotatable bonds is 7. The highest BCUT2D eigenvalue weighted by molar-refractivity contribution is 8.07. The maximum atomic E-state index is 11.1. The van der Waals surface area contributed by atoms with Gasteiger partial charge in [0.1, 0.15) is 5.82 Å². The van der Waals surface area contributed by atoms with Gasteiger partial charge in [-0.05, 0) is 44.7 Å². The molecule has 0 aliphatic heterocycles. The van der Waals surface area contributed by atoms with Crippen molar-refractivity contribution in [2.75, 3.05) is 11.6 Å². The molecule has 0 bridgehead atoms. The molecule has 0 saturated heterocycles. The van der Waals surface area contributed by atoms with E-state index in [1.54, 1.807) is 30.0 Å². The van der Waals surface area contributed by atoms with Crippen molar-refractivity contribution >= 4 is 45.7 Å². The molecule has 0 unspecified atom stereocenters. The van der Waals surface area contributed by atoms with Crippen molar-refractivity contribution < 1.29 is 9.90 Å². The number of aromatic nitrogens is 2. The molecule has 28 heavy (non-hydrogen) atoms. The van der Waals surface area contributed by atoms with Crippen LogP contribution in [0.2, 0.25) is 5.02 Å². The van der Waals surface area contributed by atoms with Crippen molar-refractivity contribution in [2.45, 2.75) is 34.1 Å². The molecule has 0 fully saturated rings. The van der Waals surface area contributed by atoms with Crippen LogP contribution in [0.4, 0.5) is 11.5 Å². The molecule has 0 aliphatic rings. The Morgan fingerprint density at radius 3 is 2.54 bits per heavy atom. The number of hydrogen-bond acceptors (Lipinski definition) is 5. The normalized spacial score (nSPS) is 10.7. The van der Waals surface area contributed by atoms with E-state index in [1.807, 2.05) is 40.0 Å². The summed E-state index contributed by atoms with van der Waals surface area (Å²) in [6.45, 7) is 11.7.